The van der Waals surface area contributed by atoms with Crippen molar-refractivity contribution in [1.29, 1.82) is 0 Å². The SMILES string of the molecule is c1ccc2oc(-c3csc(CNC4=NCCCN4)n3)cc2c1. The minimum atomic E-state index is 0.677. The quantitative estimate of drug-likeness (QED) is 0.780. The van der Waals surface area contributed by atoms with Gasteiger partial charge in [0.1, 0.15) is 16.3 Å². The minimum absolute atomic E-state index is 0.677. The third-order valence-corrected chi connectivity index (χ3v) is 4.38. The molecular formula is C16H16N4OS. The summed E-state index contributed by atoms with van der Waals surface area (Å²) in [5.41, 5.74) is 1.78. The first-order valence-corrected chi connectivity index (χ1v) is 8.22. The van der Waals surface area contributed by atoms with E-state index in [-0.39, 0.29) is 0 Å². The number of rotatable bonds is 3. The van der Waals surface area contributed by atoms with Crippen molar-refractivity contribution in [2.24, 2.45) is 4.99 Å². The number of fused-ring (bicyclic) bond motifs is 1. The van der Waals surface area contributed by atoms with Crippen LogP contribution in [0.25, 0.3) is 22.4 Å². The average molecular weight is 312 g/mol. The zero-order valence-electron chi connectivity index (χ0n) is 12.0. The highest BCUT2D eigenvalue weighted by Gasteiger charge is 2.11. The molecule has 4 rings (SSSR count). The Balaban J connectivity index is 1.49. The van der Waals surface area contributed by atoms with Gasteiger partial charge in [0.2, 0.25) is 0 Å². The number of aliphatic imine (C=N–C) groups is 1. The second-order valence-corrected chi connectivity index (χ2v) is 6.08. The molecule has 0 aliphatic carbocycles. The summed E-state index contributed by atoms with van der Waals surface area (Å²) in [4.78, 5) is 9.03. The lowest BCUT2D eigenvalue weighted by atomic mass is 10.2. The van der Waals surface area contributed by atoms with Gasteiger partial charge in [-0.3, -0.25) is 4.99 Å². The van der Waals surface area contributed by atoms with Gasteiger partial charge in [-0.25, -0.2) is 4.98 Å². The highest BCUT2D eigenvalue weighted by Crippen LogP contribution is 2.28. The molecule has 0 saturated carbocycles. The number of nitrogens with one attached hydrogen (secondary N) is 2. The van der Waals surface area contributed by atoms with Gasteiger partial charge in [-0.15, -0.1) is 11.3 Å². The summed E-state index contributed by atoms with van der Waals surface area (Å²) in [5, 5.41) is 10.7. The van der Waals surface area contributed by atoms with Crippen LogP contribution in [0.3, 0.4) is 0 Å². The number of para-hydroxylation sites is 1. The predicted octanol–water partition coefficient (Wildman–Crippen LogP) is 3.00. The molecule has 2 N–H and O–H groups in total. The Labute approximate surface area is 132 Å². The van der Waals surface area contributed by atoms with Crippen molar-refractivity contribution in [2.75, 3.05) is 13.1 Å². The summed E-state index contributed by atoms with van der Waals surface area (Å²) in [6, 6.07) is 10.0. The molecular weight excluding hydrogens is 296 g/mol. The molecule has 1 aromatic carbocycles. The Morgan fingerprint density at radius 2 is 2.27 bits per heavy atom. The first-order valence-electron chi connectivity index (χ1n) is 7.34. The number of hydrogen-bond acceptors (Lipinski definition) is 6. The van der Waals surface area contributed by atoms with Crippen molar-refractivity contribution in [3.05, 3.63) is 40.7 Å². The smallest absolute Gasteiger partial charge is 0.191 e. The second kappa shape index (κ2) is 5.81. The summed E-state index contributed by atoms with van der Waals surface area (Å²) >= 11 is 1.63. The van der Waals surface area contributed by atoms with E-state index in [4.69, 9.17) is 4.42 Å². The molecule has 0 saturated heterocycles. The number of hydrogen-bond donors (Lipinski definition) is 2. The zero-order chi connectivity index (χ0) is 14.8. The Morgan fingerprint density at radius 3 is 3.14 bits per heavy atom. The first-order chi connectivity index (χ1) is 10.9. The van der Waals surface area contributed by atoms with Crippen molar-refractivity contribution in [3.63, 3.8) is 0 Å². The Bertz CT molecular complexity index is 787. The highest BCUT2D eigenvalue weighted by molar-refractivity contribution is 7.09. The summed E-state index contributed by atoms with van der Waals surface area (Å²) in [7, 11) is 0. The van der Waals surface area contributed by atoms with Crippen molar-refractivity contribution >= 4 is 28.3 Å². The summed E-state index contributed by atoms with van der Waals surface area (Å²) in [5.74, 6) is 1.68. The maximum absolute atomic E-state index is 5.85. The van der Waals surface area contributed by atoms with Gasteiger partial charge in [-0.05, 0) is 18.6 Å². The zero-order valence-corrected chi connectivity index (χ0v) is 12.8. The van der Waals surface area contributed by atoms with Crippen LogP contribution >= 0.6 is 11.3 Å². The Morgan fingerprint density at radius 1 is 1.32 bits per heavy atom. The van der Waals surface area contributed by atoms with Gasteiger partial charge in [-0.2, -0.15) is 0 Å². The summed E-state index contributed by atoms with van der Waals surface area (Å²) < 4.78 is 5.85. The first kappa shape index (κ1) is 13.3. The molecule has 2 aromatic heterocycles. The third-order valence-electron chi connectivity index (χ3n) is 3.53. The van der Waals surface area contributed by atoms with E-state index in [1.807, 2.05) is 35.7 Å². The van der Waals surface area contributed by atoms with Crippen molar-refractivity contribution in [1.82, 2.24) is 15.6 Å². The maximum atomic E-state index is 5.85. The fourth-order valence-electron chi connectivity index (χ4n) is 2.42. The lowest BCUT2D eigenvalue weighted by Gasteiger charge is -2.14. The van der Waals surface area contributed by atoms with Crippen LogP contribution in [0.4, 0.5) is 0 Å². The molecule has 6 heteroatoms. The normalized spacial score (nSPS) is 14.6. The fraction of sp³-hybridized carbons (Fsp3) is 0.250. The number of benzene rings is 1. The lowest BCUT2D eigenvalue weighted by molar-refractivity contribution is 0.629. The van der Waals surface area contributed by atoms with E-state index in [2.05, 4.69) is 20.6 Å². The second-order valence-electron chi connectivity index (χ2n) is 5.14. The Kier molecular flexibility index (Phi) is 3.52. The number of aromatic nitrogens is 1. The van der Waals surface area contributed by atoms with E-state index >= 15 is 0 Å². The molecule has 0 unspecified atom stereocenters. The molecule has 1 aliphatic rings. The predicted molar refractivity (Wildman–Crippen MR) is 89.1 cm³/mol. The largest absolute Gasteiger partial charge is 0.454 e. The van der Waals surface area contributed by atoms with E-state index in [1.54, 1.807) is 11.3 Å². The van der Waals surface area contributed by atoms with Crippen LogP contribution in [-0.2, 0) is 6.54 Å². The van der Waals surface area contributed by atoms with Crippen LogP contribution in [-0.4, -0.2) is 24.0 Å². The molecule has 0 fully saturated rings. The molecule has 0 bridgehead atoms. The number of thiazole rings is 1. The van der Waals surface area contributed by atoms with Gasteiger partial charge < -0.3 is 15.1 Å². The standard InChI is InChI=1S/C16H16N4OS/c1-2-5-13-11(4-1)8-14(21-13)12-10-22-15(20-12)9-19-16-17-6-3-7-18-16/h1-2,4-5,8,10H,3,6-7,9H2,(H2,17,18,19). The molecule has 5 nitrogen and oxygen atoms in total. The molecule has 0 atom stereocenters. The van der Waals surface area contributed by atoms with Crippen molar-refractivity contribution in [3.8, 4) is 11.5 Å². The summed E-state index contributed by atoms with van der Waals surface area (Å²) in [6.07, 6.45) is 1.10. The van der Waals surface area contributed by atoms with Gasteiger partial charge in [0, 0.05) is 23.9 Å². The van der Waals surface area contributed by atoms with Crippen molar-refractivity contribution in [2.45, 2.75) is 13.0 Å². The van der Waals surface area contributed by atoms with E-state index in [1.165, 1.54) is 0 Å². The maximum Gasteiger partial charge on any atom is 0.191 e. The minimum Gasteiger partial charge on any atom is -0.454 e. The molecule has 3 aromatic rings. The molecule has 22 heavy (non-hydrogen) atoms. The van der Waals surface area contributed by atoms with Gasteiger partial charge in [-0.1, -0.05) is 18.2 Å². The molecule has 0 amide bonds. The van der Waals surface area contributed by atoms with Crippen LogP contribution in [0.1, 0.15) is 11.4 Å². The van der Waals surface area contributed by atoms with Gasteiger partial charge in [0.25, 0.3) is 0 Å². The van der Waals surface area contributed by atoms with Gasteiger partial charge in [0.15, 0.2) is 11.7 Å². The van der Waals surface area contributed by atoms with Crippen LogP contribution in [0, 0.1) is 0 Å². The lowest BCUT2D eigenvalue weighted by Crippen LogP contribution is -2.40. The molecule has 0 spiro atoms. The topological polar surface area (TPSA) is 62.5 Å². The van der Waals surface area contributed by atoms with Crippen molar-refractivity contribution < 1.29 is 4.42 Å². The highest BCUT2D eigenvalue weighted by atomic mass is 32.1. The number of nitrogens with zero attached hydrogens (tertiary/aromatic N) is 2. The Hall–Kier alpha value is -2.34. The van der Waals surface area contributed by atoms with E-state index in [0.29, 0.717) is 6.54 Å². The van der Waals surface area contributed by atoms with E-state index < -0.39 is 0 Å². The van der Waals surface area contributed by atoms with Crippen LogP contribution in [0.2, 0.25) is 0 Å². The molecule has 0 radical (unpaired) electrons. The van der Waals surface area contributed by atoms with Crippen LogP contribution in [0.15, 0.2) is 45.1 Å². The van der Waals surface area contributed by atoms with E-state index in [0.717, 1.165) is 52.9 Å². The van der Waals surface area contributed by atoms with Gasteiger partial charge >= 0.3 is 0 Å². The third kappa shape index (κ3) is 2.69. The monoisotopic (exact) mass is 312 g/mol. The van der Waals surface area contributed by atoms with Crippen LogP contribution in [0.5, 0.6) is 0 Å². The van der Waals surface area contributed by atoms with Crippen LogP contribution < -0.4 is 10.6 Å². The number of guanidine groups is 1. The average Bonchev–Trinajstić information content (AvgIpc) is 3.20. The molecule has 3 heterocycles. The summed E-state index contributed by atoms with van der Waals surface area (Å²) in [6.45, 7) is 2.54. The van der Waals surface area contributed by atoms with E-state index in [9.17, 15) is 0 Å². The number of furan rings is 1. The molecule has 112 valence electrons. The van der Waals surface area contributed by atoms with Gasteiger partial charge in [0.05, 0.1) is 6.54 Å². The molecule has 1 aliphatic heterocycles. The fourth-order valence-corrected chi connectivity index (χ4v) is 3.15.